The lowest BCUT2D eigenvalue weighted by Gasteiger charge is -2.35. The Balaban J connectivity index is 2.90. The zero-order chi connectivity index (χ0) is 13.8. The highest BCUT2D eigenvalue weighted by molar-refractivity contribution is 5.35. The van der Waals surface area contributed by atoms with Crippen LogP contribution in [0.25, 0.3) is 0 Å². The van der Waals surface area contributed by atoms with Gasteiger partial charge in [-0.2, -0.15) is 0 Å². The highest BCUT2D eigenvalue weighted by Crippen LogP contribution is 2.21. The van der Waals surface area contributed by atoms with E-state index in [0.29, 0.717) is 0 Å². The fourth-order valence-corrected chi connectivity index (χ4v) is 1.58. The van der Waals surface area contributed by atoms with Gasteiger partial charge in [-0.05, 0) is 33.7 Å². The highest BCUT2D eigenvalue weighted by Gasteiger charge is 2.23. The molecule has 0 unspecified atom stereocenters. The number of hydrogen-bond donors (Lipinski definition) is 1. The van der Waals surface area contributed by atoms with Crippen LogP contribution in [0.15, 0.2) is 6.20 Å². The molecule has 1 rings (SSSR count). The van der Waals surface area contributed by atoms with Crippen LogP contribution in [-0.2, 0) is 6.54 Å². The third-order valence-electron chi connectivity index (χ3n) is 3.71. The number of nitrogens with one attached hydrogen (secondary N) is 1. The molecule has 4 nitrogen and oxygen atoms in total. The Kier molecular flexibility index (Phi) is 5.08. The van der Waals surface area contributed by atoms with E-state index in [1.54, 1.807) is 0 Å². The van der Waals surface area contributed by atoms with Gasteiger partial charge in [0.15, 0.2) is 0 Å². The second-order valence-corrected chi connectivity index (χ2v) is 5.29. The summed E-state index contributed by atoms with van der Waals surface area (Å²) in [6, 6.07) is 0. The smallest absolute Gasteiger partial charge is 0.225 e. The molecule has 0 spiro atoms. The van der Waals surface area contributed by atoms with Gasteiger partial charge in [-0.1, -0.05) is 13.8 Å². The molecule has 0 aliphatic carbocycles. The molecule has 102 valence electrons. The third kappa shape index (κ3) is 3.42. The van der Waals surface area contributed by atoms with Gasteiger partial charge in [0.05, 0.1) is 0 Å². The van der Waals surface area contributed by atoms with E-state index in [2.05, 4.69) is 54.9 Å². The second kappa shape index (κ2) is 6.14. The zero-order valence-electron chi connectivity index (χ0n) is 12.5. The van der Waals surface area contributed by atoms with Crippen molar-refractivity contribution < 1.29 is 0 Å². The summed E-state index contributed by atoms with van der Waals surface area (Å²) in [5.41, 5.74) is 2.30. The zero-order valence-corrected chi connectivity index (χ0v) is 12.5. The van der Waals surface area contributed by atoms with Gasteiger partial charge in [-0.15, -0.1) is 0 Å². The van der Waals surface area contributed by atoms with Crippen LogP contribution < -0.4 is 10.2 Å². The molecule has 0 aliphatic rings. The number of rotatable bonds is 6. The fraction of sp³-hybridized carbons (Fsp3) is 0.714. The van der Waals surface area contributed by atoms with Crippen LogP contribution in [0.1, 0.15) is 45.4 Å². The molecule has 4 heteroatoms. The molecule has 0 saturated carbocycles. The van der Waals surface area contributed by atoms with E-state index in [-0.39, 0.29) is 5.54 Å². The van der Waals surface area contributed by atoms with Gasteiger partial charge in [0.2, 0.25) is 5.95 Å². The molecule has 0 saturated heterocycles. The summed E-state index contributed by atoms with van der Waals surface area (Å²) in [5.74, 6) is 0.805. The van der Waals surface area contributed by atoms with E-state index in [0.717, 1.165) is 31.2 Å². The number of aromatic nitrogens is 2. The highest BCUT2D eigenvalue weighted by atomic mass is 15.3. The van der Waals surface area contributed by atoms with Gasteiger partial charge in [-0.25, -0.2) is 9.97 Å². The molecule has 0 amide bonds. The summed E-state index contributed by atoms with van der Waals surface area (Å²) in [5, 5.41) is 3.30. The molecule has 0 aromatic carbocycles. The van der Waals surface area contributed by atoms with Crippen LogP contribution in [0.3, 0.4) is 0 Å². The molecule has 1 heterocycles. The Bertz CT molecular complexity index is 387. The van der Waals surface area contributed by atoms with Crippen molar-refractivity contribution in [3.8, 4) is 0 Å². The summed E-state index contributed by atoms with van der Waals surface area (Å²) in [6.07, 6.45) is 2.99. The second-order valence-electron chi connectivity index (χ2n) is 5.29. The fourth-order valence-electron chi connectivity index (χ4n) is 1.58. The van der Waals surface area contributed by atoms with E-state index in [1.807, 2.05) is 13.1 Å². The van der Waals surface area contributed by atoms with E-state index in [9.17, 15) is 0 Å². The maximum Gasteiger partial charge on any atom is 0.225 e. The first-order valence-corrected chi connectivity index (χ1v) is 6.69. The van der Waals surface area contributed by atoms with Crippen molar-refractivity contribution in [2.24, 2.45) is 0 Å². The van der Waals surface area contributed by atoms with Crippen molar-refractivity contribution >= 4 is 5.95 Å². The number of anilines is 1. The van der Waals surface area contributed by atoms with Crippen LogP contribution in [0.2, 0.25) is 0 Å². The van der Waals surface area contributed by atoms with Gasteiger partial charge < -0.3 is 10.2 Å². The standard InChI is InChI=1S/C14H26N4/c1-7-14(4,5)18(6)13-16-10-12(9-15-8-2)11(3)17-13/h10,15H,7-9H2,1-6H3. The largest absolute Gasteiger partial charge is 0.339 e. The molecular weight excluding hydrogens is 224 g/mol. The van der Waals surface area contributed by atoms with Crippen LogP contribution >= 0.6 is 0 Å². The third-order valence-corrected chi connectivity index (χ3v) is 3.71. The molecular formula is C14H26N4. The maximum atomic E-state index is 4.62. The number of nitrogens with zero attached hydrogens (tertiary/aromatic N) is 3. The minimum Gasteiger partial charge on any atom is -0.339 e. The molecule has 0 atom stereocenters. The lowest BCUT2D eigenvalue weighted by atomic mass is 10.0. The van der Waals surface area contributed by atoms with Gasteiger partial charge in [0.1, 0.15) is 0 Å². The van der Waals surface area contributed by atoms with Crippen molar-refractivity contribution in [3.05, 3.63) is 17.5 Å². The van der Waals surface area contributed by atoms with Crippen LogP contribution in [0.4, 0.5) is 5.95 Å². The van der Waals surface area contributed by atoms with E-state index < -0.39 is 0 Å². The number of aryl methyl sites for hydroxylation is 1. The normalized spacial score (nSPS) is 11.7. The average molecular weight is 250 g/mol. The predicted molar refractivity (Wildman–Crippen MR) is 76.9 cm³/mol. The van der Waals surface area contributed by atoms with Gasteiger partial charge in [0, 0.05) is 36.6 Å². The summed E-state index contributed by atoms with van der Waals surface area (Å²) in [4.78, 5) is 11.2. The molecule has 1 aromatic rings. The molecule has 0 radical (unpaired) electrons. The summed E-state index contributed by atoms with van der Waals surface area (Å²) in [7, 11) is 2.06. The first-order chi connectivity index (χ1) is 8.42. The van der Waals surface area contributed by atoms with Crippen LogP contribution in [0, 0.1) is 6.92 Å². The lowest BCUT2D eigenvalue weighted by molar-refractivity contribution is 0.462. The van der Waals surface area contributed by atoms with E-state index in [1.165, 1.54) is 5.56 Å². The monoisotopic (exact) mass is 250 g/mol. The summed E-state index contributed by atoms with van der Waals surface area (Å²) >= 11 is 0. The average Bonchev–Trinajstić information content (AvgIpc) is 2.36. The quantitative estimate of drug-likeness (QED) is 0.842. The maximum absolute atomic E-state index is 4.62. The first-order valence-electron chi connectivity index (χ1n) is 6.69. The Morgan fingerprint density at radius 2 is 2.00 bits per heavy atom. The molecule has 1 aromatic heterocycles. The first kappa shape index (κ1) is 14.9. The van der Waals surface area contributed by atoms with Gasteiger partial charge in [0.25, 0.3) is 0 Å². The predicted octanol–water partition coefficient (Wildman–Crippen LogP) is 2.52. The topological polar surface area (TPSA) is 41.1 Å². The van der Waals surface area contributed by atoms with Crippen molar-refractivity contribution in [2.45, 2.75) is 53.1 Å². The molecule has 0 bridgehead atoms. The van der Waals surface area contributed by atoms with E-state index in [4.69, 9.17) is 0 Å². The Labute approximate surface area is 111 Å². The van der Waals surface area contributed by atoms with E-state index >= 15 is 0 Å². The van der Waals surface area contributed by atoms with Crippen LogP contribution in [-0.4, -0.2) is 29.1 Å². The molecule has 0 fully saturated rings. The number of hydrogen-bond acceptors (Lipinski definition) is 4. The van der Waals surface area contributed by atoms with Crippen molar-refractivity contribution in [1.82, 2.24) is 15.3 Å². The molecule has 18 heavy (non-hydrogen) atoms. The SMILES string of the molecule is CCNCc1cnc(N(C)C(C)(C)CC)nc1C. The Morgan fingerprint density at radius 1 is 1.33 bits per heavy atom. The van der Waals surface area contributed by atoms with Crippen LogP contribution in [0.5, 0.6) is 0 Å². The molecule has 0 aliphatic heterocycles. The van der Waals surface area contributed by atoms with Crippen molar-refractivity contribution in [3.63, 3.8) is 0 Å². The van der Waals surface area contributed by atoms with Crippen molar-refractivity contribution in [2.75, 3.05) is 18.5 Å². The Hall–Kier alpha value is -1.16. The molecule has 1 N–H and O–H groups in total. The Morgan fingerprint density at radius 3 is 2.50 bits per heavy atom. The van der Waals surface area contributed by atoms with Gasteiger partial charge in [-0.3, -0.25) is 0 Å². The minimum atomic E-state index is 0.0790. The minimum absolute atomic E-state index is 0.0790. The summed E-state index contributed by atoms with van der Waals surface area (Å²) in [6.45, 7) is 12.5. The summed E-state index contributed by atoms with van der Waals surface area (Å²) < 4.78 is 0. The van der Waals surface area contributed by atoms with Gasteiger partial charge >= 0.3 is 0 Å². The van der Waals surface area contributed by atoms with Crippen molar-refractivity contribution in [1.29, 1.82) is 0 Å². The lowest BCUT2D eigenvalue weighted by Crippen LogP contribution is -2.41.